The Labute approximate surface area is 191 Å². The van der Waals surface area contributed by atoms with Crippen LogP contribution >= 0.6 is 0 Å². The molecule has 0 bridgehead atoms. The third-order valence-electron chi connectivity index (χ3n) is 5.54. The molecule has 1 atom stereocenters. The first-order chi connectivity index (χ1) is 15.7. The van der Waals surface area contributed by atoms with Crippen LogP contribution in [0.2, 0.25) is 0 Å². The first-order valence-electron chi connectivity index (χ1n) is 10.4. The van der Waals surface area contributed by atoms with Crippen LogP contribution in [0.4, 0.5) is 11.4 Å². The summed E-state index contributed by atoms with van der Waals surface area (Å²) in [5.41, 5.74) is 1.27. The Morgan fingerprint density at radius 1 is 1.15 bits per heavy atom. The molecule has 1 aliphatic heterocycles. The van der Waals surface area contributed by atoms with Crippen LogP contribution in [0, 0.1) is 16.0 Å². The van der Waals surface area contributed by atoms with Gasteiger partial charge in [0.15, 0.2) is 0 Å². The van der Waals surface area contributed by atoms with Gasteiger partial charge in [-0.05, 0) is 55.2 Å². The lowest BCUT2D eigenvalue weighted by Crippen LogP contribution is -2.39. The van der Waals surface area contributed by atoms with Gasteiger partial charge in [-0.3, -0.25) is 14.9 Å². The summed E-state index contributed by atoms with van der Waals surface area (Å²) in [5, 5.41) is 17.6. The SMILES string of the molecule is CC1CCCN(S(=O)(=O)c2ccc(NC(=O)c3cnn(-c4ccc([N+](=O)[O-])cc4)c3)cc2)C1. The van der Waals surface area contributed by atoms with Gasteiger partial charge in [0, 0.05) is 37.1 Å². The van der Waals surface area contributed by atoms with Crippen molar-refractivity contribution in [3.05, 3.63) is 76.6 Å². The molecule has 2 heterocycles. The second-order valence-corrected chi connectivity index (χ2v) is 9.97. The maximum absolute atomic E-state index is 12.9. The fourth-order valence-electron chi connectivity index (χ4n) is 3.74. The Balaban J connectivity index is 1.43. The highest BCUT2D eigenvalue weighted by Crippen LogP contribution is 2.24. The molecule has 4 rings (SSSR count). The summed E-state index contributed by atoms with van der Waals surface area (Å²) >= 11 is 0. The number of benzene rings is 2. The number of nitro benzene ring substituents is 1. The summed E-state index contributed by atoms with van der Waals surface area (Å²) in [4.78, 5) is 23.1. The van der Waals surface area contributed by atoms with Gasteiger partial charge < -0.3 is 5.32 Å². The third-order valence-corrected chi connectivity index (χ3v) is 7.42. The molecular weight excluding hydrogens is 446 g/mol. The zero-order valence-electron chi connectivity index (χ0n) is 17.9. The van der Waals surface area contributed by atoms with Crippen molar-refractivity contribution >= 4 is 27.3 Å². The molecule has 1 fully saturated rings. The van der Waals surface area contributed by atoms with E-state index in [0.717, 1.165) is 12.8 Å². The Kier molecular flexibility index (Phi) is 6.25. The molecule has 33 heavy (non-hydrogen) atoms. The van der Waals surface area contributed by atoms with Gasteiger partial charge >= 0.3 is 0 Å². The highest BCUT2D eigenvalue weighted by atomic mass is 32.2. The van der Waals surface area contributed by atoms with Gasteiger partial charge in [-0.15, -0.1) is 0 Å². The molecule has 1 aromatic heterocycles. The number of nitro groups is 1. The molecule has 10 nitrogen and oxygen atoms in total. The van der Waals surface area contributed by atoms with Crippen molar-refractivity contribution in [2.75, 3.05) is 18.4 Å². The Morgan fingerprint density at radius 3 is 2.48 bits per heavy atom. The molecule has 1 saturated heterocycles. The maximum atomic E-state index is 12.9. The lowest BCUT2D eigenvalue weighted by atomic mass is 10.0. The Hall–Kier alpha value is -3.57. The van der Waals surface area contributed by atoms with Gasteiger partial charge in [0.05, 0.1) is 27.3 Å². The van der Waals surface area contributed by atoms with Crippen LogP contribution in [-0.2, 0) is 10.0 Å². The largest absolute Gasteiger partial charge is 0.322 e. The summed E-state index contributed by atoms with van der Waals surface area (Å²) < 4.78 is 28.7. The van der Waals surface area contributed by atoms with Crippen molar-refractivity contribution in [2.24, 2.45) is 5.92 Å². The maximum Gasteiger partial charge on any atom is 0.269 e. The topological polar surface area (TPSA) is 127 Å². The van der Waals surface area contributed by atoms with Gasteiger partial charge in [-0.1, -0.05) is 6.92 Å². The van der Waals surface area contributed by atoms with E-state index in [1.165, 1.54) is 57.8 Å². The second kappa shape index (κ2) is 9.12. The minimum absolute atomic E-state index is 0.0378. The van der Waals surface area contributed by atoms with Gasteiger partial charge in [-0.2, -0.15) is 9.40 Å². The summed E-state index contributed by atoms with van der Waals surface area (Å²) in [6.07, 6.45) is 4.76. The average molecular weight is 470 g/mol. The highest BCUT2D eigenvalue weighted by Gasteiger charge is 2.28. The van der Waals surface area contributed by atoms with E-state index in [1.54, 1.807) is 12.1 Å². The van der Waals surface area contributed by atoms with E-state index in [2.05, 4.69) is 10.4 Å². The molecule has 0 aliphatic carbocycles. The number of rotatable bonds is 6. The van der Waals surface area contributed by atoms with E-state index in [4.69, 9.17) is 0 Å². The number of amides is 1. The minimum Gasteiger partial charge on any atom is -0.322 e. The smallest absolute Gasteiger partial charge is 0.269 e. The normalized spacial score (nSPS) is 16.9. The fraction of sp³-hybridized carbons (Fsp3) is 0.273. The average Bonchev–Trinajstić information content (AvgIpc) is 3.30. The van der Waals surface area contributed by atoms with Gasteiger partial charge in [-0.25, -0.2) is 13.1 Å². The Bertz CT molecular complexity index is 1270. The molecule has 0 saturated carbocycles. The predicted molar refractivity (Wildman–Crippen MR) is 122 cm³/mol. The zero-order valence-corrected chi connectivity index (χ0v) is 18.7. The number of nitrogens with zero attached hydrogens (tertiary/aromatic N) is 4. The third kappa shape index (κ3) is 4.94. The number of hydrogen-bond acceptors (Lipinski definition) is 6. The summed E-state index contributed by atoms with van der Waals surface area (Å²) in [5.74, 6) is -0.0809. The second-order valence-electron chi connectivity index (χ2n) is 8.04. The molecule has 1 aliphatic rings. The van der Waals surface area contributed by atoms with Crippen LogP contribution in [0.25, 0.3) is 5.69 Å². The van der Waals surface area contributed by atoms with E-state index in [0.29, 0.717) is 30.4 Å². The van der Waals surface area contributed by atoms with E-state index in [1.807, 2.05) is 6.92 Å². The van der Waals surface area contributed by atoms with Crippen molar-refractivity contribution in [3.8, 4) is 5.69 Å². The number of anilines is 1. The van der Waals surface area contributed by atoms with E-state index in [-0.39, 0.29) is 16.1 Å². The van der Waals surface area contributed by atoms with Gasteiger partial charge in [0.1, 0.15) is 0 Å². The summed E-state index contributed by atoms with van der Waals surface area (Å²) in [6, 6.07) is 11.9. The van der Waals surface area contributed by atoms with Crippen molar-refractivity contribution in [1.29, 1.82) is 0 Å². The van der Waals surface area contributed by atoms with Crippen LogP contribution < -0.4 is 5.32 Å². The quantitative estimate of drug-likeness (QED) is 0.435. The monoisotopic (exact) mass is 469 g/mol. The molecule has 2 aromatic carbocycles. The predicted octanol–water partition coefficient (Wildman–Crippen LogP) is 3.45. The van der Waals surface area contributed by atoms with E-state index in [9.17, 15) is 23.3 Å². The summed E-state index contributed by atoms with van der Waals surface area (Å²) in [6.45, 7) is 3.08. The number of non-ortho nitro benzene ring substituents is 1. The lowest BCUT2D eigenvalue weighted by Gasteiger charge is -2.30. The van der Waals surface area contributed by atoms with Crippen LogP contribution in [0.15, 0.2) is 65.8 Å². The molecule has 172 valence electrons. The van der Waals surface area contributed by atoms with Crippen LogP contribution in [-0.4, -0.2) is 46.4 Å². The van der Waals surface area contributed by atoms with Gasteiger partial charge in [0.25, 0.3) is 11.6 Å². The van der Waals surface area contributed by atoms with Crippen molar-refractivity contribution in [3.63, 3.8) is 0 Å². The first-order valence-corrected chi connectivity index (χ1v) is 11.9. The van der Waals surface area contributed by atoms with E-state index >= 15 is 0 Å². The number of carbonyl (C=O) groups is 1. The lowest BCUT2D eigenvalue weighted by molar-refractivity contribution is -0.384. The molecule has 0 spiro atoms. The van der Waals surface area contributed by atoms with Crippen molar-refractivity contribution in [1.82, 2.24) is 14.1 Å². The van der Waals surface area contributed by atoms with Crippen LogP contribution in [0.1, 0.15) is 30.1 Å². The number of carbonyl (C=O) groups excluding carboxylic acids is 1. The minimum atomic E-state index is -3.56. The molecule has 1 N–H and O–H groups in total. The van der Waals surface area contributed by atoms with E-state index < -0.39 is 20.9 Å². The molecule has 11 heteroatoms. The standard InChI is InChI=1S/C22H23N5O5S/c1-16-3-2-12-25(14-16)33(31,32)21-10-4-18(5-11-21)24-22(28)17-13-23-26(15-17)19-6-8-20(9-7-19)27(29)30/h4-11,13,15-16H,2-3,12,14H2,1H3,(H,24,28). The molecular formula is C22H23N5O5S. The van der Waals surface area contributed by atoms with Crippen molar-refractivity contribution in [2.45, 2.75) is 24.7 Å². The first kappa shape index (κ1) is 22.6. The highest BCUT2D eigenvalue weighted by molar-refractivity contribution is 7.89. The zero-order chi connectivity index (χ0) is 23.6. The molecule has 3 aromatic rings. The number of piperidine rings is 1. The van der Waals surface area contributed by atoms with Gasteiger partial charge in [0.2, 0.25) is 10.0 Å². The van der Waals surface area contributed by atoms with Crippen LogP contribution in [0.5, 0.6) is 0 Å². The summed E-state index contributed by atoms with van der Waals surface area (Å²) in [7, 11) is -3.56. The molecule has 1 amide bonds. The number of hydrogen-bond donors (Lipinski definition) is 1. The fourth-order valence-corrected chi connectivity index (χ4v) is 5.33. The van der Waals surface area contributed by atoms with Crippen LogP contribution in [0.3, 0.4) is 0 Å². The molecule has 1 unspecified atom stereocenters. The number of nitrogens with one attached hydrogen (secondary N) is 1. The number of sulfonamides is 1. The van der Waals surface area contributed by atoms with Crippen molar-refractivity contribution < 1.29 is 18.1 Å². The Morgan fingerprint density at radius 2 is 1.85 bits per heavy atom. The molecule has 0 radical (unpaired) electrons. The number of aromatic nitrogens is 2.